The fraction of sp³-hybridized carbons (Fsp3) is 0.250. The summed E-state index contributed by atoms with van der Waals surface area (Å²) in [6, 6.07) is 5.63. The van der Waals surface area contributed by atoms with Crippen molar-refractivity contribution in [3.8, 4) is 0 Å². The van der Waals surface area contributed by atoms with Crippen LogP contribution in [-0.2, 0) is 23.9 Å². The van der Waals surface area contributed by atoms with Crippen molar-refractivity contribution in [3.63, 3.8) is 0 Å². The summed E-state index contributed by atoms with van der Waals surface area (Å²) in [6.45, 7) is 1.44. The Labute approximate surface area is 177 Å². The van der Waals surface area contributed by atoms with Crippen LogP contribution in [-0.4, -0.2) is 30.1 Å². The van der Waals surface area contributed by atoms with Gasteiger partial charge in [-0.3, -0.25) is 14.2 Å². The number of pyridine rings is 2. The normalized spacial score (nSPS) is 11.9. The van der Waals surface area contributed by atoms with Gasteiger partial charge in [-0.05, 0) is 30.7 Å². The van der Waals surface area contributed by atoms with Crippen molar-refractivity contribution in [2.75, 3.05) is 5.32 Å². The van der Waals surface area contributed by atoms with Gasteiger partial charge in [0.25, 0.3) is 5.56 Å². The van der Waals surface area contributed by atoms with E-state index >= 15 is 0 Å². The van der Waals surface area contributed by atoms with Gasteiger partial charge in [-0.2, -0.15) is 22.8 Å². The highest BCUT2D eigenvalue weighted by Crippen LogP contribution is 2.28. The lowest BCUT2D eigenvalue weighted by Gasteiger charge is -2.12. The van der Waals surface area contributed by atoms with Crippen LogP contribution in [0.5, 0.6) is 0 Å². The average Bonchev–Trinajstić information content (AvgIpc) is 3.16. The number of fused-ring (bicyclic) bond motifs is 3. The zero-order chi connectivity index (χ0) is 23.0. The van der Waals surface area contributed by atoms with Gasteiger partial charge in [0.2, 0.25) is 5.91 Å². The maximum absolute atomic E-state index is 13.2. The molecule has 0 atom stereocenters. The minimum atomic E-state index is -4.70. The summed E-state index contributed by atoms with van der Waals surface area (Å²) >= 11 is 0. The van der Waals surface area contributed by atoms with Crippen molar-refractivity contribution in [3.05, 3.63) is 64.1 Å². The molecule has 1 amide bonds. The quantitative estimate of drug-likeness (QED) is 0.474. The van der Waals surface area contributed by atoms with Gasteiger partial charge >= 0.3 is 6.18 Å². The molecule has 0 aliphatic rings. The van der Waals surface area contributed by atoms with Crippen LogP contribution in [0.2, 0.25) is 0 Å². The molecule has 0 saturated heterocycles. The first-order valence-electron chi connectivity index (χ1n) is 9.58. The predicted molar refractivity (Wildman–Crippen MR) is 107 cm³/mol. The first-order valence-corrected chi connectivity index (χ1v) is 9.58. The minimum Gasteiger partial charge on any atom is -0.309 e. The number of alkyl halides is 3. The van der Waals surface area contributed by atoms with Gasteiger partial charge in [-0.15, -0.1) is 0 Å². The standard InChI is InChI=1S/C20H16F4N6O2/c1-2-3-12-8-17-29(10-16(31)27-15-7-4-11(21)9-25-15)19(32)13-5-6-14(20(22,23)24)26-18(13)30(17)28-12/h4-9H,2-3,10H2,1H3,(H,25,27,31). The first-order chi connectivity index (χ1) is 15.2. The molecule has 4 heterocycles. The highest BCUT2D eigenvalue weighted by molar-refractivity contribution is 5.90. The van der Waals surface area contributed by atoms with Gasteiger partial charge in [-0.25, -0.2) is 14.4 Å². The van der Waals surface area contributed by atoms with Gasteiger partial charge < -0.3 is 5.32 Å². The highest BCUT2D eigenvalue weighted by Gasteiger charge is 2.33. The number of carbonyl (C=O) groups is 1. The SMILES string of the molecule is CCCc1cc2n(CC(=O)Nc3ccc(F)cn3)c(=O)c3ccc(C(F)(F)F)nc3n2n1. The molecule has 0 aromatic carbocycles. The third kappa shape index (κ3) is 4.03. The molecule has 4 rings (SSSR count). The van der Waals surface area contributed by atoms with Crippen molar-refractivity contribution in [2.45, 2.75) is 32.5 Å². The number of hydrogen-bond donors (Lipinski definition) is 1. The number of amides is 1. The van der Waals surface area contributed by atoms with Crippen molar-refractivity contribution in [2.24, 2.45) is 0 Å². The molecule has 166 valence electrons. The van der Waals surface area contributed by atoms with E-state index in [4.69, 9.17) is 0 Å². The molecule has 0 radical (unpaired) electrons. The van der Waals surface area contributed by atoms with Gasteiger partial charge in [0.05, 0.1) is 17.3 Å². The van der Waals surface area contributed by atoms with Crippen molar-refractivity contribution in [1.29, 1.82) is 0 Å². The summed E-state index contributed by atoms with van der Waals surface area (Å²) in [7, 11) is 0. The van der Waals surface area contributed by atoms with Crippen LogP contribution < -0.4 is 10.9 Å². The maximum Gasteiger partial charge on any atom is 0.433 e. The second kappa shape index (κ2) is 8.02. The molecule has 1 N–H and O–H groups in total. The number of aryl methyl sites for hydroxylation is 1. The topological polar surface area (TPSA) is 94.2 Å². The van der Waals surface area contributed by atoms with E-state index in [1.165, 1.54) is 12.1 Å². The number of aromatic nitrogens is 5. The van der Waals surface area contributed by atoms with E-state index in [0.717, 1.165) is 27.4 Å². The first kappa shape index (κ1) is 21.4. The van der Waals surface area contributed by atoms with E-state index in [-0.39, 0.29) is 22.5 Å². The molecule has 4 aromatic heterocycles. The minimum absolute atomic E-state index is 0.0814. The summed E-state index contributed by atoms with van der Waals surface area (Å²) in [5.41, 5.74) is -1.44. The smallest absolute Gasteiger partial charge is 0.309 e. The second-order valence-corrected chi connectivity index (χ2v) is 7.02. The molecule has 0 saturated carbocycles. The van der Waals surface area contributed by atoms with Crippen LogP contribution in [0.3, 0.4) is 0 Å². The molecular formula is C20H16F4N6O2. The average molecular weight is 448 g/mol. The molecule has 4 aromatic rings. The molecule has 0 aliphatic carbocycles. The lowest BCUT2D eigenvalue weighted by molar-refractivity contribution is -0.141. The van der Waals surface area contributed by atoms with E-state index in [1.807, 2.05) is 6.92 Å². The summed E-state index contributed by atoms with van der Waals surface area (Å²) in [5, 5.41) is 6.63. The van der Waals surface area contributed by atoms with Crippen LogP contribution in [0.4, 0.5) is 23.4 Å². The Morgan fingerprint density at radius 2 is 1.97 bits per heavy atom. The summed E-state index contributed by atoms with van der Waals surface area (Å²) in [4.78, 5) is 32.9. The fourth-order valence-corrected chi connectivity index (χ4v) is 3.26. The third-order valence-corrected chi connectivity index (χ3v) is 4.66. The van der Waals surface area contributed by atoms with Gasteiger partial charge in [-0.1, -0.05) is 13.3 Å². The summed E-state index contributed by atoms with van der Waals surface area (Å²) in [6.07, 6.45) is -2.54. The Balaban J connectivity index is 1.83. The highest BCUT2D eigenvalue weighted by atomic mass is 19.4. The number of anilines is 1. The van der Waals surface area contributed by atoms with Crippen molar-refractivity contribution in [1.82, 2.24) is 24.1 Å². The Hall–Kier alpha value is -3.83. The molecule has 0 unspecified atom stereocenters. The zero-order valence-electron chi connectivity index (χ0n) is 16.6. The second-order valence-electron chi connectivity index (χ2n) is 7.02. The Morgan fingerprint density at radius 3 is 2.62 bits per heavy atom. The van der Waals surface area contributed by atoms with Gasteiger partial charge in [0.1, 0.15) is 29.5 Å². The number of nitrogens with zero attached hydrogens (tertiary/aromatic N) is 5. The van der Waals surface area contributed by atoms with Crippen molar-refractivity contribution >= 4 is 28.4 Å². The number of halogens is 4. The maximum atomic E-state index is 13.2. The summed E-state index contributed by atoms with van der Waals surface area (Å²) < 4.78 is 54.7. The largest absolute Gasteiger partial charge is 0.433 e. The van der Waals surface area contributed by atoms with Crippen LogP contribution in [0.15, 0.2) is 41.3 Å². The molecule has 0 fully saturated rings. The number of rotatable bonds is 5. The molecule has 0 spiro atoms. The van der Waals surface area contributed by atoms with E-state index < -0.39 is 35.7 Å². The van der Waals surface area contributed by atoms with Crippen LogP contribution in [0.1, 0.15) is 24.7 Å². The molecule has 0 aliphatic heterocycles. The molecular weight excluding hydrogens is 432 g/mol. The Kier molecular flexibility index (Phi) is 5.36. The molecule has 8 nitrogen and oxygen atoms in total. The Morgan fingerprint density at radius 1 is 1.19 bits per heavy atom. The molecule has 32 heavy (non-hydrogen) atoms. The predicted octanol–water partition coefficient (Wildman–Crippen LogP) is 3.19. The van der Waals surface area contributed by atoms with Crippen molar-refractivity contribution < 1.29 is 22.4 Å². The lowest BCUT2D eigenvalue weighted by atomic mass is 10.2. The number of carbonyl (C=O) groups excluding carboxylic acids is 1. The van der Waals surface area contributed by atoms with Crippen LogP contribution in [0.25, 0.3) is 16.7 Å². The van der Waals surface area contributed by atoms with Crippen LogP contribution in [0, 0.1) is 5.82 Å². The monoisotopic (exact) mass is 448 g/mol. The molecule has 12 heteroatoms. The summed E-state index contributed by atoms with van der Waals surface area (Å²) in [5.74, 6) is -1.13. The van der Waals surface area contributed by atoms with Gasteiger partial charge in [0.15, 0.2) is 5.65 Å². The molecule has 0 bridgehead atoms. The van der Waals surface area contributed by atoms with E-state index in [2.05, 4.69) is 20.4 Å². The van der Waals surface area contributed by atoms with E-state index in [1.54, 1.807) is 0 Å². The third-order valence-electron chi connectivity index (χ3n) is 4.66. The van der Waals surface area contributed by atoms with Crippen LogP contribution >= 0.6 is 0 Å². The number of hydrogen-bond acceptors (Lipinski definition) is 5. The zero-order valence-corrected chi connectivity index (χ0v) is 16.6. The number of nitrogens with one attached hydrogen (secondary N) is 1. The lowest BCUT2D eigenvalue weighted by Crippen LogP contribution is -2.30. The van der Waals surface area contributed by atoms with E-state index in [0.29, 0.717) is 24.6 Å². The van der Waals surface area contributed by atoms with E-state index in [9.17, 15) is 27.2 Å². The Bertz CT molecular complexity index is 1380. The fourth-order valence-electron chi connectivity index (χ4n) is 3.26. The van der Waals surface area contributed by atoms with Gasteiger partial charge in [0, 0.05) is 6.07 Å².